The van der Waals surface area contributed by atoms with Crippen molar-refractivity contribution in [2.45, 2.75) is 20.4 Å². The Kier molecular flexibility index (Phi) is 4.66. The van der Waals surface area contributed by atoms with Crippen molar-refractivity contribution in [1.82, 2.24) is 4.57 Å². The van der Waals surface area contributed by atoms with Crippen molar-refractivity contribution in [3.8, 4) is 0 Å². The van der Waals surface area contributed by atoms with E-state index in [2.05, 4.69) is 42.4 Å². The number of nitrogens with zero attached hydrogens (tertiary/aromatic N) is 2. The second kappa shape index (κ2) is 5.02. The van der Waals surface area contributed by atoms with Gasteiger partial charge in [-0.2, -0.15) is 0 Å². The van der Waals surface area contributed by atoms with Crippen LogP contribution in [0.5, 0.6) is 0 Å². The van der Waals surface area contributed by atoms with Crippen molar-refractivity contribution in [3.05, 3.63) is 18.2 Å². The van der Waals surface area contributed by atoms with Crippen molar-refractivity contribution in [2.75, 3.05) is 0 Å². The van der Waals surface area contributed by atoms with Crippen LogP contribution in [0.4, 0.5) is 17.3 Å². The molecule has 2 nitrogen and oxygen atoms in total. The third kappa shape index (κ3) is 5.61. The van der Waals surface area contributed by atoms with Gasteiger partial charge < -0.3 is 17.3 Å². The van der Waals surface area contributed by atoms with E-state index >= 15 is 0 Å². The van der Waals surface area contributed by atoms with E-state index in [1.165, 1.54) is 5.82 Å². The molecule has 0 fully saturated rings. The quantitative estimate of drug-likeness (QED) is 0.382. The Hall–Kier alpha value is -1.01. The minimum absolute atomic E-state index is 1.06. The molecule has 1 heterocycles. The lowest BCUT2D eigenvalue weighted by Gasteiger charge is -1.94. The van der Waals surface area contributed by atoms with Crippen LogP contribution in [-0.2, 0) is 13.6 Å². The summed E-state index contributed by atoms with van der Waals surface area (Å²) < 4.78 is 43.3. The first-order valence-electron chi connectivity index (χ1n) is 4.14. The molecule has 0 aliphatic carbocycles. The Morgan fingerprint density at radius 2 is 1.79 bits per heavy atom. The van der Waals surface area contributed by atoms with E-state index < -0.39 is 7.25 Å². The highest BCUT2D eigenvalue weighted by molar-refractivity contribution is 6.50. The maximum absolute atomic E-state index is 9.75. The predicted octanol–water partition coefficient (Wildman–Crippen LogP) is 1.94. The van der Waals surface area contributed by atoms with E-state index in [0.29, 0.717) is 0 Å². The molecular weight excluding hydrogens is 199 g/mol. The Balaban J connectivity index is 0.000000292. The molecule has 14 heavy (non-hydrogen) atoms. The summed E-state index contributed by atoms with van der Waals surface area (Å²) in [7, 11) is -3.94. The van der Waals surface area contributed by atoms with Gasteiger partial charge in [0, 0.05) is 6.92 Å². The Labute approximate surface area is 80.3 Å². The summed E-state index contributed by atoms with van der Waals surface area (Å²) in [6.45, 7) is 5.32. The second-order valence-corrected chi connectivity index (χ2v) is 2.74. The first kappa shape index (κ1) is 13.0. The largest absolute Gasteiger partial charge is 0.673 e. The zero-order valence-corrected chi connectivity index (χ0v) is 8.35. The molecule has 0 unspecified atom stereocenters. The summed E-state index contributed by atoms with van der Waals surface area (Å²) >= 11 is 0. The summed E-state index contributed by atoms with van der Waals surface area (Å²) in [5.41, 5.74) is 0. The van der Waals surface area contributed by atoms with Crippen LogP contribution < -0.4 is 4.57 Å². The Morgan fingerprint density at radius 3 is 1.93 bits per heavy atom. The maximum atomic E-state index is 9.75. The summed E-state index contributed by atoms with van der Waals surface area (Å²) in [4.78, 5) is 0. The summed E-state index contributed by atoms with van der Waals surface area (Å²) in [5.74, 6) is 1.30. The smallest absolute Gasteiger partial charge is 0.418 e. The van der Waals surface area contributed by atoms with Gasteiger partial charge in [0.05, 0.1) is 13.6 Å². The molecule has 0 bridgehead atoms. The van der Waals surface area contributed by atoms with Gasteiger partial charge >= 0.3 is 7.25 Å². The topological polar surface area (TPSA) is 8.81 Å². The molecule has 0 spiro atoms. The first-order valence-corrected chi connectivity index (χ1v) is 4.14. The lowest BCUT2D eigenvalue weighted by Crippen LogP contribution is -2.33. The fourth-order valence-electron chi connectivity index (χ4n) is 0.933. The van der Waals surface area contributed by atoms with Crippen LogP contribution in [0.2, 0.25) is 0 Å². The first-order chi connectivity index (χ1) is 6.25. The van der Waals surface area contributed by atoms with Crippen LogP contribution in [0.1, 0.15) is 12.7 Å². The zero-order valence-electron chi connectivity index (χ0n) is 8.35. The van der Waals surface area contributed by atoms with Crippen molar-refractivity contribution in [3.63, 3.8) is 0 Å². The SMILES string of the molecule is CC[n+]1ccn(C)c1C.F[B-](F)(F)F. The van der Waals surface area contributed by atoms with Crippen LogP contribution in [-0.4, -0.2) is 11.8 Å². The Morgan fingerprint density at radius 1 is 1.36 bits per heavy atom. The lowest BCUT2D eigenvalue weighted by atomic mass is 10.3. The normalized spacial score (nSPS) is 10.8. The predicted molar refractivity (Wildman–Crippen MR) is 46.2 cm³/mol. The molecule has 0 N–H and O–H groups in total. The van der Waals surface area contributed by atoms with Gasteiger partial charge in [-0.05, 0) is 6.92 Å². The summed E-state index contributed by atoms with van der Waals surface area (Å²) in [5, 5.41) is 0. The van der Waals surface area contributed by atoms with E-state index in [0.717, 1.165) is 6.54 Å². The Bertz CT molecular complexity index is 276. The minimum Gasteiger partial charge on any atom is -0.418 e. The average Bonchev–Trinajstić information content (AvgIpc) is 2.30. The number of halogens is 4. The standard InChI is InChI=1S/C7H13N2.BF4/c1-4-9-6-5-8(3)7(9)2;2-1(3,4)5/h5-6H,4H2,1-3H3;/q+1;-1. The van der Waals surface area contributed by atoms with Crippen LogP contribution in [0, 0.1) is 6.92 Å². The van der Waals surface area contributed by atoms with Crippen LogP contribution in [0.3, 0.4) is 0 Å². The second-order valence-electron chi connectivity index (χ2n) is 2.74. The summed E-state index contributed by atoms with van der Waals surface area (Å²) in [6.07, 6.45) is 4.16. The highest BCUT2D eigenvalue weighted by Crippen LogP contribution is 2.06. The third-order valence-corrected chi connectivity index (χ3v) is 1.74. The fraction of sp³-hybridized carbons (Fsp3) is 0.571. The molecule has 82 valence electrons. The van der Waals surface area contributed by atoms with E-state index in [4.69, 9.17) is 0 Å². The minimum atomic E-state index is -6.00. The number of rotatable bonds is 1. The van der Waals surface area contributed by atoms with Crippen LogP contribution in [0.15, 0.2) is 12.4 Å². The number of aryl methyl sites for hydroxylation is 2. The molecule has 0 aliphatic heterocycles. The number of aromatic nitrogens is 2. The molecule has 1 rings (SSSR count). The van der Waals surface area contributed by atoms with Gasteiger partial charge in [0.15, 0.2) is 0 Å². The molecule has 0 saturated heterocycles. The average molecular weight is 212 g/mol. The molecule has 0 amide bonds. The molecule has 0 saturated carbocycles. The molecule has 1 aromatic heterocycles. The molecule has 0 aromatic carbocycles. The van der Waals surface area contributed by atoms with Crippen LogP contribution >= 0.6 is 0 Å². The lowest BCUT2D eigenvalue weighted by molar-refractivity contribution is -0.699. The maximum Gasteiger partial charge on any atom is 0.673 e. The van der Waals surface area contributed by atoms with E-state index in [-0.39, 0.29) is 0 Å². The molecule has 1 aromatic rings. The fourth-order valence-corrected chi connectivity index (χ4v) is 0.933. The molecule has 0 atom stereocenters. The highest BCUT2D eigenvalue weighted by atomic mass is 19.5. The molecule has 0 aliphatic rings. The van der Waals surface area contributed by atoms with Gasteiger partial charge in [-0.3, -0.25) is 0 Å². The number of imidazole rings is 1. The van der Waals surface area contributed by atoms with Crippen molar-refractivity contribution in [1.29, 1.82) is 0 Å². The van der Waals surface area contributed by atoms with Gasteiger partial charge in [0.1, 0.15) is 12.4 Å². The van der Waals surface area contributed by atoms with Gasteiger partial charge in [-0.25, -0.2) is 9.13 Å². The monoisotopic (exact) mass is 212 g/mol. The zero-order chi connectivity index (χ0) is 11.4. The number of hydrogen-bond donors (Lipinski definition) is 0. The summed E-state index contributed by atoms with van der Waals surface area (Å²) in [6, 6.07) is 0. The van der Waals surface area contributed by atoms with Gasteiger partial charge in [-0.15, -0.1) is 0 Å². The molecular formula is C7H13BF4N2. The highest BCUT2D eigenvalue weighted by Gasteiger charge is 2.20. The van der Waals surface area contributed by atoms with Crippen molar-refractivity contribution < 1.29 is 21.8 Å². The molecule has 7 heteroatoms. The van der Waals surface area contributed by atoms with E-state index in [1.807, 2.05) is 0 Å². The van der Waals surface area contributed by atoms with Crippen LogP contribution in [0.25, 0.3) is 0 Å². The van der Waals surface area contributed by atoms with Gasteiger partial charge in [0.2, 0.25) is 0 Å². The van der Waals surface area contributed by atoms with Crippen molar-refractivity contribution >= 4 is 7.25 Å². The van der Waals surface area contributed by atoms with Gasteiger partial charge in [-0.1, -0.05) is 0 Å². The molecule has 0 radical (unpaired) electrons. The van der Waals surface area contributed by atoms with Gasteiger partial charge in [0.25, 0.3) is 5.82 Å². The number of hydrogen-bond acceptors (Lipinski definition) is 0. The van der Waals surface area contributed by atoms with E-state index in [1.54, 1.807) is 0 Å². The van der Waals surface area contributed by atoms with E-state index in [9.17, 15) is 17.3 Å². The van der Waals surface area contributed by atoms with Crippen molar-refractivity contribution in [2.24, 2.45) is 7.05 Å². The third-order valence-electron chi connectivity index (χ3n) is 1.74.